The van der Waals surface area contributed by atoms with Crippen molar-refractivity contribution in [3.8, 4) is 0 Å². The number of methoxy groups -OCH3 is 3. The van der Waals surface area contributed by atoms with E-state index < -0.39 is 86.3 Å². The molecular weight excluding hydrogens is 929 g/mol. The van der Waals surface area contributed by atoms with Gasteiger partial charge in [-0.05, 0) is 127 Å². The topological polar surface area (TPSA) is 203 Å². The predicted molar refractivity (Wildman–Crippen MR) is 272 cm³/mol. The maximum atomic E-state index is 14.6. The van der Waals surface area contributed by atoms with Crippen LogP contribution < -0.4 is 0 Å². The lowest BCUT2D eigenvalue weighted by atomic mass is 9.78. The fourth-order valence-electron chi connectivity index (χ4n) is 10.8. The molecule has 16 nitrogen and oxygen atoms in total. The molecule has 4 rings (SSSR count). The molecule has 2 saturated heterocycles. The van der Waals surface area contributed by atoms with Gasteiger partial charge in [-0.25, -0.2) is 4.79 Å². The van der Waals surface area contributed by atoms with Crippen LogP contribution in [0.3, 0.4) is 0 Å². The Balaban J connectivity index is 1.76. The van der Waals surface area contributed by atoms with Gasteiger partial charge < -0.3 is 43.0 Å². The van der Waals surface area contributed by atoms with E-state index in [9.17, 15) is 34.0 Å². The fourth-order valence-corrected chi connectivity index (χ4v) is 11.9. The van der Waals surface area contributed by atoms with Gasteiger partial charge in [0.25, 0.3) is 11.7 Å². The fraction of sp³-hybridized carbons (Fsp3) is 0.759. The average molecular weight is 1020 g/mol. The first-order valence-electron chi connectivity index (χ1n) is 25.9. The lowest BCUT2D eigenvalue weighted by Crippen LogP contribution is -2.61. The maximum absolute atomic E-state index is 14.6. The number of Topliss-reactive ketones (excluding diaryl/α,β-unsaturated/α-hetero) is 3. The lowest BCUT2D eigenvalue weighted by Gasteiger charge is -2.42. The molecular formula is C54H86N2O14Si. The van der Waals surface area contributed by atoms with Gasteiger partial charge in [0, 0.05) is 58.5 Å². The van der Waals surface area contributed by atoms with Crippen molar-refractivity contribution < 1.29 is 62.0 Å². The molecule has 17 heteroatoms. The van der Waals surface area contributed by atoms with E-state index in [4.69, 9.17) is 32.9 Å². The summed E-state index contributed by atoms with van der Waals surface area (Å²) in [5, 5.41) is 14.7. The molecule has 0 aromatic heterocycles. The predicted octanol–water partition coefficient (Wildman–Crippen LogP) is 8.75. The van der Waals surface area contributed by atoms with Crippen molar-refractivity contribution in [3.63, 3.8) is 0 Å². The molecule has 71 heavy (non-hydrogen) atoms. The molecule has 1 N–H and O–H groups in total. The van der Waals surface area contributed by atoms with Crippen molar-refractivity contribution in [1.82, 2.24) is 4.90 Å². The summed E-state index contributed by atoms with van der Waals surface area (Å²) in [6.07, 6.45) is 12.3. The molecule has 0 radical (unpaired) electrons. The van der Waals surface area contributed by atoms with Crippen LogP contribution in [0, 0.1) is 40.4 Å². The molecule has 15 atom stereocenters. The number of allylic oxidation sites excluding steroid dienone is 6. The van der Waals surface area contributed by atoms with Gasteiger partial charge in [0.05, 0.1) is 24.4 Å². The van der Waals surface area contributed by atoms with E-state index in [1.165, 1.54) is 12.0 Å². The minimum absolute atomic E-state index is 0.0455. The molecule has 0 aromatic rings. The first-order valence-corrected chi connectivity index (χ1v) is 29.4. The van der Waals surface area contributed by atoms with Gasteiger partial charge in [0.15, 0.2) is 25.5 Å². The summed E-state index contributed by atoms with van der Waals surface area (Å²) < 4.78 is 36.7. The molecule has 3 aliphatic heterocycles. The van der Waals surface area contributed by atoms with E-state index in [1.54, 1.807) is 28.1 Å². The van der Waals surface area contributed by atoms with Gasteiger partial charge in [-0.1, -0.05) is 71.1 Å². The summed E-state index contributed by atoms with van der Waals surface area (Å²) in [4.78, 5) is 89.3. The Morgan fingerprint density at radius 3 is 2.21 bits per heavy atom. The van der Waals surface area contributed by atoms with E-state index in [-0.39, 0.29) is 60.7 Å². The maximum Gasteiger partial charge on any atom is 0.329 e. The number of cyclic esters (lactones) is 1. The number of nitrogens with zero attached hydrogens (tertiary/aromatic N) is 2. The number of hydrogen-bond donors (Lipinski definition) is 1. The number of piperidine rings is 1. The van der Waals surface area contributed by atoms with Crippen LogP contribution in [0.4, 0.5) is 0 Å². The molecule has 1 aliphatic carbocycles. The van der Waals surface area contributed by atoms with Crippen LogP contribution in [-0.4, -0.2) is 130 Å². The number of rotatable bonds is 10. The molecule has 1 amide bonds. The number of amides is 1. The Morgan fingerprint density at radius 2 is 1.56 bits per heavy atom. The van der Waals surface area contributed by atoms with E-state index in [0.29, 0.717) is 69.8 Å². The molecule has 3 heterocycles. The quantitative estimate of drug-likeness (QED) is 0.0543. The highest BCUT2D eigenvalue weighted by atomic mass is 28.4. The molecule has 0 spiro atoms. The molecule has 3 fully saturated rings. The zero-order chi connectivity index (χ0) is 52.8. The number of esters is 1. The molecule has 2 bridgehead atoms. The number of aliphatic hydroxyl groups is 1. The first kappa shape index (κ1) is 59.8. The number of carbonyl (C=O) groups is 5. The summed E-state index contributed by atoms with van der Waals surface area (Å²) in [6, 6.07) is -1.15. The van der Waals surface area contributed by atoms with Gasteiger partial charge in [0.2, 0.25) is 5.79 Å². The van der Waals surface area contributed by atoms with E-state index in [2.05, 4.69) is 12.3 Å². The molecule has 1 saturated carbocycles. The van der Waals surface area contributed by atoms with Gasteiger partial charge >= 0.3 is 5.97 Å². The second kappa shape index (κ2) is 27.5. The van der Waals surface area contributed by atoms with Crippen molar-refractivity contribution in [2.45, 2.75) is 200 Å². The zero-order valence-electron chi connectivity index (χ0n) is 44.9. The van der Waals surface area contributed by atoms with Crippen LogP contribution in [0.15, 0.2) is 52.9 Å². The van der Waals surface area contributed by atoms with E-state index in [0.717, 1.165) is 5.57 Å². The molecule has 400 valence electrons. The summed E-state index contributed by atoms with van der Waals surface area (Å²) in [7, 11) is 2.34. The standard InChI is InChI=1S/C54H86N2O14Si/c1-33-19-15-14-16-20-34(2)45(64-8)31-41-24-22-39(7)54(62,68-41)51(59)52(60)56-26-18-17-21-42(56)53(61)67-46(36(4)29-40-23-25-44(69-55-63)47(30-40)65-9)32-43(57)35(3)28-38(6)49(70-71(11,12)13)50(66-10)48(58)37(5)27-33/h14-16,19-20,28,33,35-37,39-42,44-47,49-50,62H,17-18,21-27,29-32H2,1-13H3/b16-14+,19-15+,34-20+,38-28+/t33-,35-,36-,37-,39-,40+,41+,42+,44-,45+,46?,47-,49-,50+,54-/m1/s1. The van der Waals surface area contributed by atoms with Crippen molar-refractivity contribution in [1.29, 1.82) is 0 Å². The summed E-state index contributed by atoms with van der Waals surface area (Å²) in [5.74, 6) is -7.70. The number of ether oxygens (including phenoxy) is 5. The van der Waals surface area contributed by atoms with Crippen molar-refractivity contribution in [3.05, 3.63) is 52.5 Å². The van der Waals surface area contributed by atoms with E-state index in [1.807, 2.05) is 83.8 Å². The summed E-state index contributed by atoms with van der Waals surface area (Å²) in [6.45, 7) is 19.3. The normalized spacial score (nSPS) is 38.1. The number of hydrogen-bond acceptors (Lipinski definition) is 15. The molecule has 4 aliphatic rings. The van der Waals surface area contributed by atoms with Gasteiger partial charge in [-0.15, -0.1) is 4.91 Å². The second-order valence-electron chi connectivity index (χ2n) is 21.9. The van der Waals surface area contributed by atoms with Crippen LogP contribution in [0.1, 0.15) is 126 Å². The van der Waals surface area contributed by atoms with Gasteiger partial charge in [-0.3, -0.25) is 19.2 Å². The lowest BCUT2D eigenvalue weighted by molar-refractivity contribution is -0.265. The Labute approximate surface area is 424 Å². The van der Waals surface area contributed by atoms with Crippen molar-refractivity contribution >= 4 is 37.5 Å². The minimum atomic E-state index is -2.44. The summed E-state index contributed by atoms with van der Waals surface area (Å²) >= 11 is 0. The Kier molecular flexibility index (Phi) is 23.2. The first-order chi connectivity index (χ1) is 33.5. The summed E-state index contributed by atoms with van der Waals surface area (Å²) in [5.41, 5.74) is 1.56. The SMILES string of the molecule is CO[C@H]1C[C@@H]2CC[C@@H](C)[C@@](O)(O2)C(=O)C(=O)N2CCCC[C@H]2C(=O)OC([C@H](C)C[C@@H]2CC[C@@H](ON=O)[C@H](OC)C2)CC(=O)[C@H](C)/C=C(\C)[C@@H](O[Si](C)(C)C)[C@@H](OC)C(=O)[C@H](C)C[C@H](C)/C=C/C=C/C=C/1C. The second-order valence-corrected chi connectivity index (χ2v) is 26.4. The average Bonchev–Trinajstić information content (AvgIpc) is 3.32. The van der Waals surface area contributed by atoms with Crippen LogP contribution in [-0.2, 0) is 56.9 Å². The van der Waals surface area contributed by atoms with Crippen LogP contribution >= 0.6 is 0 Å². The van der Waals surface area contributed by atoms with Crippen LogP contribution in [0.25, 0.3) is 0 Å². The van der Waals surface area contributed by atoms with Gasteiger partial charge in [0.1, 0.15) is 24.0 Å². The highest BCUT2D eigenvalue weighted by Crippen LogP contribution is 2.38. The van der Waals surface area contributed by atoms with Crippen molar-refractivity contribution in [2.24, 2.45) is 40.8 Å². The number of ketones is 3. The monoisotopic (exact) mass is 1010 g/mol. The smallest absolute Gasteiger partial charge is 0.329 e. The van der Waals surface area contributed by atoms with Gasteiger partial charge in [-0.2, -0.15) is 0 Å². The highest BCUT2D eigenvalue weighted by molar-refractivity contribution is 6.69. The van der Waals surface area contributed by atoms with Crippen LogP contribution in [0.5, 0.6) is 0 Å². The number of carbonyl (C=O) groups excluding carboxylic acids is 5. The third-order valence-electron chi connectivity index (χ3n) is 15.1. The van der Waals surface area contributed by atoms with Crippen LogP contribution in [0.2, 0.25) is 19.6 Å². The largest absolute Gasteiger partial charge is 0.460 e. The Morgan fingerprint density at radius 1 is 0.845 bits per heavy atom. The van der Waals surface area contributed by atoms with Crippen molar-refractivity contribution in [2.75, 3.05) is 27.9 Å². The van der Waals surface area contributed by atoms with E-state index >= 15 is 0 Å². The highest BCUT2D eigenvalue weighted by Gasteiger charge is 2.53. The third kappa shape index (κ3) is 16.6. The number of fused-ring (bicyclic) bond motifs is 3. The third-order valence-corrected chi connectivity index (χ3v) is 16.0. The molecule has 0 aromatic carbocycles. The Bertz CT molecular complexity index is 1950. The zero-order valence-corrected chi connectivity index (χ0v) is 45.9. The Hall–Kier alpha value is -3.71. The molecule has 1 unspecified atom stereocenters. The minimum Gasteiger partial charge on any atom is -0.460 e.